The van der Waals surface area contributed by atoms with Crippen molar-refractivity contribution in [1.82, 2.24) is 45.1 Å². The van der Waals surface area contributed by atoms with Gasteiger partial charge in [-0.25, -0.2) is 14.4 Å². The summed E-state index contributed by atoms with van der Waals surface area (Å²) < 4.78 is 12.1. The molecule has 4 aromatic carbocycles. The first kappa shape index (κ1) is 53.1. The van der Waals surface area contributed by atoms with Crippen molar-refractivity contribution in [2.24, 2.45) is 0 Å². The fraction of sp³-hybridized carbons (Fsp3) is 0.136. The highest BCUT2D eigenvalue weighted by Crippen LogP contribution is 2.15. The van der Waals surface area contributed by atoms with Gasteiger partial charge in [0, 0.05) is 77.6 Å². The van der Waals surface area contributed by atoms with Gasteiger partial charge in [0.2, 0.25) is 0 Å². The van der Waals surface area contributed by atoms with Crippen molar-refractivity contribution < 1.29 is 4.39 Å². The average molecular weight is 914 g/mol. The standard InChI is InChI=1S/3C10H9N.C7H7F.2C6H7N.2C5H6N2/c1-8-4-2-6-10-9(8)5-3-7-11-10;1-8-4-2-5-9-6-3-7-11-10(8)9;1-8-4-5-10-9(7-8)3-2-6-11-10;1-6-2-4-7(8)5-3-6;1-6-3-2-4-7-5-6;1-6-4-2-3-5-7-6;1-5-6-3-2-4-7-5;1-5-3-2-4-6-7-5/h3*2-7H,1H3;2-5H,1H3;2*2-5H,1H3;2*2-4H,1H3. The Labute approximate surface area is 406 Å². The third-order valence-corrected chi connectivity index (χ3v) is 9.49. The molecule has 0 atom stereocenters. The van der Waals surface area contributed by atoms with Crippen molar-refractivity contribution >= 4 is 32.7 Å². The average Bonchev–Trinajstić information content (AvgIpc) is 3.38. The Kier molecular flexibility index (Phi) is 23.6. The summed E-state index contributed by atoms with van der Waals surface area (Å²) in [4.78, 5) is 28.3. The molecule has 11 rings (SSSR count). The van der Waals surface area contributed by atoms with E-state index in [-0.39, 0.29) is 5.82 Å². The summed E-state index contributed by atoms with van der Waals surface area (Å²) >= 11 is 0. The Morgan fingerprint density at radius 3 is 1.49 bits per heavy atom. The van der Waals surface area contributed by atoms with E-state index in [0.717, 1.165) is 39.3 Å². The van der Waals surface area contributed by atoms with Crippen LogP contribution in [0.2, 0.25) is 0 Å². The van der Waals surface area contributed by atoms with Crippen molar-refractivity contribution in [2.75, 3.05) is 0 Å². The number of hydrogen-bond donors (Lipinski definition) is 0. The molecule has 0 bridgehead atoms. The lowest BCUT2D eigenvalue weighted by molar-refractivity contribution is 0.627. The van der Waals surface area contributed by atoms with E-state index >= 15 is 0 Å². The summed E-state index contributed by atoms with van der Waals surface area (Å²) in [7, 11) is 0. The van der Waals surface area contributed by atoms with Crippen LogP contribution in [0.25, 0.3) is 32.7 Å². The number of fused-ring (bicyclic) bond motifs is 3. The van der Waals surface area contributed by atoms with Gasteiger partial charge in [-0.15, -0.1) is 0 Å². The van der Waals surface area contributed by atoms with Gasteiger partial charge < -0.3 is 0 Å². The number of benzene rings is 4. The van der Waals surface area contributed by atoms with Crippen LogP contribution >= 0.6 is 0 Å². The molecule has 0 radical (unpaired) electrons. The van der Waals surface area contributed by atoms with Crippen LogP contribution in [0.3, 0.4) is 0 Å². The summed E-state index contributed by atoms with van der Waals surface area (Å²) in [5.41, 5.74) is 11.4. The van der Waals surface area contributed by atoms with Crippen LogP contribution in [0.15, 0.2) is 220 Å². The summed E-state index contributed by atoms with van der Waals surface area (Å²) in [6.45, 7) is 16.0. The van der Waals surface area contributed by atoms with Gasteiger partial charge in [-0.1, -0.05) is 90.0 Å². The normalized spacial score (nSPS) is 9.52. The van der Waals surface area contributed by atoms with E-state index in [9.17, 15) is 4.39 Å². The topological polar surface area (TPSA) is 116 Å². The molecule has 0 saturated carbocycles. The summed E-state index contributed by atoms with van der Waals surface area (Å²) in [5.74, 6) is 0.651. The zero-order chi connectivity index (χ0) is 49.5. The van der Waals surface area contributed by atoms with Crippen LogP contribution < -0.4 is 0 Å². The maximum atomic E-state index is 12.1. The Morgan fingerprint density at radius 1 is 0.362 bits per heavy atom. The van der Waals surface area contributed by atoms with Gasteiger partial charge in [0.1, 0.15) is 11.6 Å². The lowest BCUT2D eigenvalue weighted by atomic mass is 10.1. The second-order valence-electron chi connectivity index (χ2n) is 15.5. The van der Waals surface area contributed by atoms with E-state index in [4.69, 9.17) is 0 Å². The Morgan fingerprint density at radius 2 is 0.957 bits per heavy atom. The maximum absolute atomic E-state index is 12.1. The molecule has 0 amide bonds. The van der Waals surface area contributed by atoms with Gasteiger partial charge in [0.05, 0.1) is 22.2 Å². The molecule has 10 heteroatoms. The zero-order valence-corrected chi connectivity index (χ0v) is 40.7. The van der Waals surface area contributed by atoms with E-state index in [0.29, 0.717) is 0 Å². The molecular weight excluding hydrogens is 854 g/mol. The molecule has 0 N–H and O–H groups in total. The molecular formula is C59H60FN9. The van der Waals surface area contributed by atoms with Crippen LogP contribution in [0.1, 0.15) is 45.0 Å². The maximum Gasteiger partial charge on any atom is 0.125 e. The molecule has 7 heterocycles. The van der Waals surface area contributed by atoms with E-state index in [1.807, 2.05) is 138 Å². The Balaban J connectivity index is 0.000000173. The molecule has 69 heavy (non-hydrogen) atoms. The molecule has 9 nitrogen and oxygen atoms in total. The number of aromatic nitrogens is 9. The van der Waals surface area contributed by atoms with Crippen molar-refractivity contribution in [3.63, 3.8) is 0 Å². The molecule has 0 saturated heterocycles. The van der Waals surface area contributed by atoms with E-state index in [1.165, 1.54) is 50.5 Å². The molecule has 0 aliphatic rings. The molecule has 0 unspecified atom stereocenters. The second-order valence-corrected chi connectivity index (χ2v) is 15.5. The summed E-state index contributed by atoms with van der Waals surface area (Å²) in [5, 5.41) is 11.0. The van der Waals surface area contributed by atoms with Gasteiger partial charge in [0.15, 0.2) is 0 Å². The predicted molar refractivity (Wildman–Crippen MR) is 282 cm³/mol. The SMILES string of the molecule is Cc1ccc(F)cc1.Cc1ccc2ncccc2c1.Cc1cccc2cccnc12.Cc1cccc2ncccc12.Cc1ccccn1.Cc1cccnc1.Cc1cccnn1.Cc1ncccn1. The lowest BCUT2D eigenvalue weighted by Crippen LogP contribution is -1.80. The number of aryl methyl sites for hydroxylation is 8. The largest absolute Gasteiger partial charge is 0.264 e. The fourth-order valence-corrected chi connectivity index (χ4v) is 5.89. The number of hydrogen-bond acceptors (Lipinski definition) is 9. The molecule has 348 valence electrons. The second kappa shape index (κ2) is 30.7. The van der Waals surface area contributed by atoms with Crippen LogP contribution in [0.4, 0.5) is 4.39 Å². The Hall–Kier alpha value is -8.50. The minimum Gasteiger partial charge on any atom is -0.264 e. The van der Waals surface area contributed by atoms with E-state index in [1.54, 1.807) is 49.2 Å². The quantitative estimate of drug-likeness (QED) is 0.147. The first-order chi connectivity index (χ1) is 33.5. The monoisotopic (exact) mass is 913 g/mol. The Bertz CT molecular complexity index is 2820. The number of nitrogens with zero attached hydrogens (tertiary/aromatic N) is 9. The highest BCUT2D eigenvalue weighted by atomic mass is 19.1. The zero-order valence-electron chi connectivity index (χ0n) is 40.7. The number of para-hydroxylation sites is 1. The molecule has 0 aliphatic heterocycles. The summed E-state index contributed by atoms with van der Waals surface area (Å²) in [6.07, 6.45) is 16.0. The van der Waals surface area contributed by atoms with Crippen LogP contribution in [0.5, 0.6) is 0 Å². The predicted octanol–water partition coefficient (Wildman–Crippen LogP) is 14.1. The van der Waals surface area contributed by atoms with Gasteiger partial charge in [-0.2, -0.15) is 10.2 Å². The van der Waals surface area contributed by atoms with Crippen molar-refractivity contribution in [1.29, 1.82) is 0 Å². The lowest BCUT2D eigenvalue weighted by Gasteiger charge is -1.97. The van der Waals surface area contributed by atoms with Gasteiger partial charge >= 0.3 is 0 Å². The molecule has 0 spiro atoms. The minimum absolute atomic E-state index is 0.171. The number of rotatable bonds is 0. The van der Waals surface area contributed by atoms with E-state index < -0.39 is 0 Å². The first-order valence-electron chi connectivity index (χ1n) is 22.3. The van der Waals surface area contributed by atoms with Crippen LogP contribution in [-0.4, -0.2) is 45.1 Å². The highest BCUT2D eigenvalue weighted by molar-refractivity contribution is 5.82. The number of halogens is 1. The number of pyridine rings is 5. The third kappa shape index (κ3) is 21.6. The molecule has 0 fully saturated rings. The van der Waals surface area contributed by atoms with Gasteiger partial charge in [0.25, 0.3) is 0 Å². The van der Waals surface area contributed by atoms with Crippen molar-refractivity contribution in [3.05, 3.63) is 270 Å². The smallest absolute Gasteiger partial charge is 0.125 e. The van der Waals surface area contributed by atoms with Gasteiger partial charge in [-0.05, 0) is 157 Å². The molecule has 7 aromatic heterocycles. The van der Waals surface area contributed by atoms with E-state index in [2.05, 4.69) is 120 Å². The highest BCUT2D eigenvalue weighted by Gasteiger charge is 1.95. The van der Waals surface area contributed by atoms with Crippen molar-refractivity contribution in [3.8, 4) is 0 Å². The third-order valence-electron chi connectivity index (χ3n) is 9.49. The van der Waals surface area contributed by atoms with Crippen LogP contribution in [0, 0.1) is 61.2 Å². The van der Waals surface area contributed by atoms with Gasteiger partial charge in [-0.3, -0.25) is 24.9 Å². The first-order valence-corrected chi connectivity index (χ1v) is 22.3. The summed E-state index contributed by atoms with van der Waals surface area (Å²) in [6, 6.07) is 52.6. The minimum atomic E-state index is -0.171. The van der Waals surface area contributed by atoms with Crippen molar-refractivity contribution in [2.45, 2.75) is 55.4 Å². The molecule has 0 aliphatic carbocycles. The molecule has 11 aromatic rings. The fourth-order valence-electron chi connectivity index (χ4n) is 5.89. The van der Waals surface area contributed by atoms with Crippen LogP contribution in [-0.2, 0) is 0 Å².